The summed E-state index contributed by atoms with van der Waals surface area (Å²) in [5.41, 5.74) is 1.04. The van der Waals surface area contributed by atoms with Gasteiger partial charge in [0.15, 0.2) is 0 Å². The minimum absolute atomic E-state index is 0.231. The van der Waals surface area contributed by atoms with Crippen LogP contribution < -0.4 is 10.1 Å². The Balaban J connectivity index is 2.34. The maximum absolute atomic E-state index is 10.7. The lowest BCUT2D eigenvalue weighted by molar-refractivity contribution is -0.117. The van der Waals surface area contributed by atoms with Gasteiger partial charge in [0.25, 0.3) is 0 Å². The zero-order valence-electron chi connectivity index (χ0n) is 10.3. The molecule has 0 unspecified atom stereocenters. The van der Waals surface area contributed by atoms with E-state index in [1.165, 1.54) is 0 Å². The van der Waals surface area contributed by atoms with Crippen molar-refractivity contribution in [2.45, 2.75) is 26.3 Å². The summed E-state index contributed by atoms with van der Waals surface area (Å²) in [6, 6.07) is 5.63. The zero-order chi connectivity index (χ0) is 12.7. The molecular weight excluding hydrogens is 238 g/mol. The van der Waals surface area contributed by atoms with E-state index in [2.05, 4.69) is 5.32 Å². The van der Waals surface area contributed by atoms with Crippen LogP contribution >= 0.6 is 11.6 Å². The third kappa shape index (κ3) is 5.20. The fraction of sp³-hybridized carbons (Fsp3) is 0.462. The van der Waals surface area contributed by atoms with E-state index in [0.29, 0.717) is 18.0 Å². The van der Waals surface area contributed by atoms with Crippen LogP contribution in [-0.2, 0) is 11.3 Å². The Morgan fingerprint density at radius 1 is 1.47 bits per heavy atom. The molecule has 0 bridgehead atoms. The number of ketones is 1. The summed E-state index contributed by atoms with van der Waals surface area (Å²) in [6.07, 6.45) is 1.49. The van der Waals surface area contributed by atoms with Crippen LogP contribution in [0.15, 0.2) is 18.2 Å². The molecule has 0 radical (unpaired) electrons. The molecule has 0 aliphatic heterocycles. The molecule has 0 saturated heterocycles. The Labute approximate surface area is 107 Å². The third-order valence-electron chi connectivity index (χ3n) is 2.46. The minimum Gasteiger partial charge on any atom is -0.497 e. The standard InChI is InChI=1S/C13H18ClNO2/c1-10(16)4-3-7-15-9-11-5-6-12(17-2)8-13(11)14/h5-6,8,15H,3-4,7,9H2,1-2H3. The molecule has 0 aliphatic rings. The highest BCUT2D eigenvalue weighted by Gasteiger charge is 2.01. The van der Waals surface area contributed by atoms with Gasteiger partial charge in [-0.2, -0.15) is 0 Å². The zero-order valence-corrected chi connectivity index (χ0v) is 11.0. The van der Waals surface area contributed by atoms with Crippen molar-refractivity contribution >= 4 is 17.4 Å². The van der Waals surface area contributed by atoms with Crippen molar-refractivity contribution in [3.8, 4) is 5.75 Å². The molecule has 1 aromatic carbocycles. The van der Waals surface area contributed by atoms with Crippen molar-refractivity contribution < 1.29 is 9.53 Å². The van der Waals surface area contributed by atoms with Gasteiger partial charge in [0.2, 0.25) is 0 Å². The van der Waals surface area contributed by atoms with Gasteiger partial charge in [-0.3, -0.25) is 0 Å². The molecule has 0 spiro atoms. The number of carbonyl (C=O) groups is 1. The van der Waals surface area contributed by atoms with Gasteiger partial charge in [-0.15, -0.1) is 0 Å². The highest BCUT2D eigenvalue weighted by Crippen LogP contribution is 2.22. The molecule has 0 saturated carbocycles. The van der Waals surface area contributed by atoms with Crippen LogP contribution in [-0.4, -0.2) is 19.4 Å². The normalized spacial score (nSPS) is 10.3. The fourth-order valence-electron chi connectivity index (χ4n) is 1.48. The number of benzene rings is 1. The Bertz CT molecular complexity index is 380. The van der Waals surface area contributed by atoms with Crippen LogP contribution in [0.3, 0.4) is 0 Å². The van der Waals surface area contributed by atoms with Crippen molar-refractivity contribution in [2.75, 3.05) is 13.7 Å². The number of ether oxygens (including phenoxy) is 1. The second kappa shape index (κ2) is 7.30. The second-order valence-electron chi connectivity index (χ2n) is 3.94. The van der Waals surface area contributed by atoms with E-state index in [9.17, 15) is 4.79 Å². The average Bonchev–Trinajstić information content (AvgIpc) is 2.30. The molecule has 0 aromatic heterocycles. The monoisotopic (exact) mass is 255 g/mol. The predicted molar refractivity (Wildman–Crippen MR) is 69.6 cm³/mol. The van der Waals surface area contributed by atoms with Crippen molar-refractivity contribution in [1.82, 2.24) is 5.32 Å². The van der Waals surface area contributed by atoms with Crippen LogP contribution in [0.1, 0.15) is 25.3 Å². The Hall–Kier alpha value is -1.06. The first kappa shape index (κ1) is 14.0. The Morgan fingerprint density at radius 3 is 2.82 bits per heavy atom. The molecule has 1 N–H and O–H groups in total. The van der Waals surface area contributed by atoms with Crippen LogP contribution in [0, 0.1) is 0 Å². The van der Waals surface area contributed by atoms with Gasteiger partial charge in [-0.25, -0.2) is 0 Å². The lowest BCUT2D eigenvalue weighted by atomic mass is 10.2. The number of halogens is 1. The highest BCUT2D eigenvalue weighted by atomic mass is 35.5. The van der Waals surface area contributed by atoms with E-state index in [-0.39, 0.29) is 5.78 Å². The van der Waals surface area contributed by atoms with Gasteiger partial charge in [0, 0.05) is 18.0 Å². The topological polar surface area (TPSA) is 38.3 Å². The van der Waals surface area contributed by atoms with E-state index < -0.39 is 0 Å². The summed E-state index contributed by atoms with van der Waals surface area (Å²) in [5, 5.41) is 3.96. The van der Waals surface area contributed by atoms with Crippen molar-refractivity contribution in [2.24, 2.45) is 0 Å². The number of carbonyl (C=O) groups excluding carboxylic acids is 1. The lowest BCUT2D eigenvalue weighted by Gasteiger charge is -2.07. The molecule has 17 heavy (non-hydrogen) atoms. The van der Waals surface area contributed by atoms with Gasteiger partial charge in [-0.1, -0.05) is 17.7 Å². The van der Waals surface area contributed by atoms with E-state index in [4.69, 9.17) is 16.3 Å². The maximum atomic E-state index is 10.7. The molecule has 3 nitrogen and oxygen atoms in total. The molecule has 0 atom stereocenters. The summed E-state index contributed by atoms with van der Waals surface area (Å²) >= 11 is 6.10. The van der Waals surface area contributed by atoms with Crippen molar-refractivity contribution in [1.29, 1.82) is 0 Å². The first-order valence-electron chi connectivity index (χ1n) is 5.66. The van der Waals surface area contributed by atoms with E-state index in [1.54, 1.807) is 20.1 Å². The molecular formula is C13H18ClNO2. The first-order chi connectivity index (χ1) is 8.13. The number of Topliss-reactive ketones (excluding diaryl/α,β-unsaturated/α-hetero) is 1. The number of hydrogen-bond acceptors (Lipinski definition) is 3. The van der Waals surface area contributed by atoms with E-state index in [0.717, 1.165) is 24.3 Å². The molecule has 0 fully saturated rings. The maximum Gasteiger partial charge on any atom is 0.129 e. The second-order valence-corrected chi connectivity index (χ2v) is 4.35. The third-order valence-corrected chi connectivity index (χ3v) is 2.81. The molecule has 1 aromatic rings. The van der Waals surface area contributed by atoms with Crippen molar-refractivity contribution in [3.05, 3.63) is 28.8 Å². The molecule has 4 heteroatoms. The highest BCUT2D eigenvalue weighted by molar-refractivity contribution is 6.31. The Morgan fingerprint density at radius 2 is 2.24 bits per heavy atom. The van der Waals surface area contributed by atoms with Crippen LogP contribution in [0.5, 0.6) is 5.75 Å². The quantitative estimate of drug-likeness (QED) is 0.762. The SMILES string of the molecule is COc1ccc(CNCCCC(C)=O)c(Cl)c1. The number of hydrogen-bond donors (Lipinski definition) is 1. The smallest absolute Gasteiger partial charge is 0.129 e. The lowest BCUT2D eigenvalue weighted by Crippen LogP contribution is -2.15. The van der Waals surface area contributed by atoms with E-state index in [1.807, 2.05) is 12.1 Å². The number of methoxy groups -OCH3 is 1. The predicted octanol–water partition coefficient (Wildman–Crippen LogP) is 2.81. The molecule has 0 aliphatic carbocycles. The van der Waals surface area contributed by atoms with Crippen LogP contribution in [0.4, 0.5) is 0 Å². The molecule has 94 valence electrons. The summed E-state index contributed by atoms with van der Waals surface area (Å²) in [5.74, 6) is 0.990. The van der Waals surface area contributed by atoms with Gasteiger partial charge in [0.1, 0.15) is 11.5 Å². The van der Waals surface area contributed by atoms with Crippen LogP contribution in [0.2, 0.25) is 5.02 Å². The minimum atomic E-state index is 0.231. The van der Waals surface area contributed by atoms with Gasteiger partial charge < -0.3 is 14.8 Å². The number of nitrogens with one attached hydrogen (secondary N) is 1. The summed E-state index contributed by atoms with van der Waals surface area (Å²) in [4.78, 5) is 10.7. The van der Waals surface area contributed by atoms with Gasteiger partial charge >= 0.3 is 0 Å². The van der Waals surface area contributed by atoms with Crippen molar-refractivity contribution in [3.63, 3.8) is 0 Å². The number of rotatable bonds is 7. The largest absolute Gasteiger partial charge is 0.497 e. The van der Waals surface area contributed by atoms with Crippen LogP contribution in [0.25, 0.3) is 0 Å². The molecule has 0 amide bonds. The van der Waals surface area contributed by atoms with Gasteiger partial charge in [-0.05, 0) is 37.6 Å². The first-order valence-corrected chi connectivity index (χ1v) is 6.04. The van der Waals surface area contributed by atoms with E-state index >= 15 is 0 Å². The summed E-state index contributed by atoms with van der Waals surface area (Å²) < 4.78 is 5.08. The molecule has 1 rings (SSSR count). The molecule has 0 heterocycles. The summed E-state index contributed by atoms with van der Waals surface area (Å²) in [7, 11) is 1.62. The fourth-order valence-corrected chi connectivity index (χ4v) is 1.72. The Kier molecular flexibility index (Phi) is 6.01. The van der Waals surface area contributed by atoms with Gasteiger partial charge in [0.05, 0.1) is 7.11 Å². The average molecular weight is 256 g/mol. The summed E-state index contributed by atoms with van der Waals surface area (Å²) in [6.45, 7) is 3.14.